The molecule has 2 fully saturated rings. The minimum Gasteiger partial charge on any atom is -0.508 e. The molecule has 2 saturated heterocycles. The molecule has 6 unspecified atom stereocenters. The number of hydrogen-bond donors (Lipinski definition) is 21. The molecular formula is C88H96Cl2N12O24. The molecule has 0 aromatic heterocycles. The standard InChI is InChI=1S/C88H96Cl2N12O24/c1-6-88(95-37-42-9-21-50(22-10-42)96-87(92)94-36-41-7-11-43(12-8-41)44-13-19-49(89)20-14-44)35-65(121-40(4)78(88)112)125-77-75(111)74(110)63(38-103)124-86(77)126-76-61-30-48-31-62(76)123-60-26-18-47(29-55(60)90)73(109)71-84(118)100-69(85(119)120)54-32-51(104)33-59(106)66(54)53-28-46(17-25-58(53)105)67(81(115)102-71)99-82(116)68(48)98-80(114)57(34-64(91)107)97-83(117)70(101-79(113)56(93-5)27-39(2)3)72(108)45-15-23-52(122-61)24-16-45/h7-26,28-33,39-40,56-57,63,65,67-75,77-78,86,93,95,103-106,108-112H,6,27,34-38H2,1-5H3,(H2,91,107)(H,97,117)(H,98,114)(H,99,116)(H,100,118)(H,101,113)(H,102,115)(H,119,120)(H3,92,94,96)/t40?,56-,57?,63?,65+,67-,68-,69+,70-,71+,72-,73-,74-,75?,77?,78-,86+,88?/m1/s1. The molecular weight excluding hydrogens is 1680 g/mol. The summed E-state index contributed by atoms with van der Waals surface area (Å²) in [5.41, 5.74) is 12.5. The molecule has 7 aliphatic rings. The number of aliphatic imine (C=N–C) groups is 1. The number of carboxylic acid groups (broad SMARTS) is 1. The molecule has 0 saturated carbocycles. The number of phenols is 3. The molecule has 8 aromatic carbocycles. The van der Waals surface area contributed by atoms with E-state index in [1.54, 1.807) is 19.1 Å². The van der Waals surface area contributed by atoms with Gasteiger partial charge >= 0.3 is 5.97 Å². The predicted octanol–water partition coefficient (Wildman–Crippen LogP) is 4.73. The third-order valence-corrected chi connectivity index (χ3v) is 23.1. The van der Waals surface area contributed by atoms with Crippen LogP contribution in [0.15, 0.2) is 163 Å². The van der Waals surface area contributed by atoms with E-state index in [2.05, 4.69) is 52.8 Å². The zero-order valence-electron chi connectivity index (χ0n) is 68.4. The van der Waals surface area contributed by atoms with Gasteiger partial charge in [-0.3, -0.25) is 33.6 Å². The topological polar surface area (TPSA) is 567 Å². The lowest BCUT2D eigenvalue weighted by atomic mass is 9.80. The number of aliphatic hydroxyl groups is 6. The van der Waals surface area contributed by atoms with Crippen molar-refractivity contribution in [1.29, 1.82) is 0 Å². The Morgan fingerprint density at radius 1 is 0.659 bits per heavy atom. The van der Waals surface area contributed by atoms with Gasteiger partial charge < -0.3 is 139 Å². The summed E-state index contributed by atoms with van der Waals surface area (Å²) in [6.07, 6.45) is -18.3. The Kier molecular flexibility index (Phi) is 28.4. The van der Waals surface area contributed by atoms with E-state index in [9.17, 15) is 75.0 Å². The van der Waals surface area contributed by atoms with Gasteiger partial charge in [0.15, 0.2) is 35.9 Å². The van der Waals surface area contributed by atoms with Crippen LogP contribution in [0.1, 0.15) is 123 Å². The molecule has 7 aliphatic heterocycles. The number of primary amides is 1. The summed E-state index contributed by atoms with van der Waals surface area (Å²) >= 11 is 13.3. The van der Waals surface area contributed by atoms with Crippen molar-refractivity contribution in [3.05, 3.63) is 207 Å². The Hall–Kier alpha value is -12.3. The number of halogens is 2. The zero-order chi connectivity index (χ0) is 90.4. The van der Waals surface area contributed by atoms with Crippen molar-refractivity contribution < 1.29 is 118 Å². The number of aromatic hydroxyl groups is 3. The van der Waals surface area contributed by atoms with Crippen molar-refractivity contribution >= 4 is 82.2 Å². The number of carbonyl (C=O) groups excluding carboxylic acids is 7. The van der Waals surface area contributed by atoms with Gasteiger partial charge in [0.25, 0.3) is 0 Å². The van der Waals surface area contributed by atoms with Crippen LogP contribution in [-0.2, 0) is 65.7 Å². The summed E-state index contributed by atoms with van der Waals surface area (Å²) in [7, 11) is 1.49. The Balaban J connectivity index is 0.908. The van der Waals surface area contributed by atoms with E-state index in [0.29, 0.717) is 17.3 Å². The monoisotopic (exact) mass is 1770 g/mol. The Bertz CT molecular complexity index is 5430. The second-order valence-corrected chi connectivity index (χ2v) is 32.5. The van der Waals surface area contributed by atoms with Gasteiger partial charge in [-0.2, -0.15) is 0 Å². The summed E-state index contributed by atoms with van der Waals surface area (Å²) in [5, 5.41) is 142. The Morgan fingerprint density at radius 3 is 1.94 bits per heavy atom. The molecule has 7 amide bonds. The van der Waals surface area contributed by atoms with Crippen LogP contribution in [0.4, 0.5) is 5.69 Å². The van der Waals surface area contributed by atoms with Gasteiger partial charge in [-0.1, -0.05) is 117 Å². The summed E-state index contributed by atoms with van der Waals surface area (Å²) in [6.45, 7) is 6.63. The number of carboxylic acids is 1. The first kappa shape index (κ1) is 91.4. The van der Waals surface area contributed by atoms with Gasteiger partial charge in [0.2, 0.25) is 53.4 Å². The predicted molar refractivity (Wildman–Crippen MR) is 453 cm³/mol. The molecule has 11 bridgehead atoms. The van der Waals surface area contributed by atoms with Gasteiger partial charge in [-0.25, -0.2) is 9.79 Å². The second kappa shape index (κ2) is 39.1. The van der Waals surface area contributed by atoms with Gasteiger partial charge in [0, 0.05) is 47.3 Å². The third kappa shape index (κ3) is 20.5. The molecule has 126 heavy (non-hydrogen) atoms. The number of aliphatic carboxylic acids is 1. The highest BCUT2D eigenvalue weighted by molar-refractivity contribution is 6.32. The van der Waals surface area contributed by atoms with Crippen molar-refractivity contribution in [2.24, 2.45) is 22.4 Å². The first-order chi connectivity index (χ1) is 60.1. The summed E-state index contributed by atoms with van der Waals surface area (Å²) in [5.74, 6) is -15.4. The number of carbonyl (C=O) groups is 8. The van der Waals surface area contributed by atoms with E-state index in [1.165, 1.54) is 31.3 Å². The number of phenolic OH excluding ortho intramolecular Hbond substituents is 3. The number of nitrogens with zero attached hydrogens (tertiary/aromatic N) is 1. The fourth-order valence-corrected chi connectivity index (χ4v) is 16.1. The molecule has 666 valence electrons. The molecule has 23 N–H and O–H groups in total. The minimum absolute atomic E-state index is 0.0565. The molecule has 0 aliphatic carbocycles. The van der Waals surface area contributed by atoms with E-state index in [-0.39, 0.29) is 65.9 Å². The lowest BCUT2D eigenvalue weighted by Gasteiger charge is -2.49. The zero-order valence-corrected chi connectivity index (χ0v) is 69.9. The molecule has 36 nitrogen and oxygen atoms in total. The van der Waals surface area contributed by atoms with Crippen LogP contribution >= 0.6 is 23.2 Å². The first-order valence-corrected chi connectivity index (χ1v) is 41.1. The molecule has 38 heteroatoms. The SMILES string of the molecule is CCC1(NCc2ccc(/N=C(\N)NCc3ccc(-c4ccc(Cl)cc4)cc3)cc2)C[C@H](OC2C(O)[C@H](O)C(CO)O[C@H]2Oc2c3cc4cc2Oc2ccc(cc2Cl)[C@@H](O)[C@@H]2NC(=O)[C@H](NC(=O)[C@@H]4NC(=O)C(CC(N)=O)NC(=O)[C@H](NC(=O)[C@@H](CC(C)C)NC)[C@H](O)c4ccc(cc4)O3)c3ccc(O)c(c3)-c3c(O)cc(O)cc3[C@@H](C(=O)O)NC2=O)OC(C)[C@H]1O. The highest BCUT2D eigenvalue weighted by Gasteiger charge is 2.53. The van der Waals surface area contributed by atoms with Gasteiger partial charge in [0.1, 0.15) is 89.5 Å². The Labute approximate surface area is 730 Å². The van der Waals surface area contributed by atoms with E-state index in [0.717, 1.165) is 82.9 Å². The average molecular weight is 1780 g/mol. The van der Waals surface area contributed by atoms with Crippen molar-refractivity contribution in [1.82, 2.24) is 47.9 Å². The number of benzene rings is 8. The largest absolute Gasteiger partial charge is 0.508 e. The van der Waals surface area contributed by atoms with Crippen LogP contribution < -0.4 is 73.5 Å². The highest BCUT2D eigenvalue weighted by Crippen LogP contribution is 2.50. The van der Waals surface area contributed by atoms with E-state index < -0.39 is 231 Å². The summed E-state index contributed by atoms with van der Waals surface area (Å²) < 4.78 is 39.8. The number of aliphatic hydroxyl groups excluding tert-OH is 6. The van der Waals surface area contributed by atoms with Crippen LogP contribution in [0.25, 0.3) is 22.3 Å². The number of nitrogens with two attached hydrogens (primary N) is 2. The van der Waals surface area contributed by atoms with Crippen molar-refractivity contribution in [2.75, 3.05) is 13.7 Å². The molecule has 7 heterocycles. The average Bonchev–Trinajstić information content (AvgIpc) is 0.766. The number of ether oxygens (including phenoxy) is 6. The van der Waals surface area contributed by atoms with Crippen LogP contribution in [0.5, 0.6) is 46.0 Å². The minimum atomic E-state index is -2.34. The quantitative estimate of drug-likeness (QED) is 0.0341. The maximum Gasteiger partial charge on any atom is 0.330 e. The number of hydrogen-bond acceptors (Lipinski definition) is 26. The van der Waals surface area contributed by atoms with E-state index >= 15 is 14.4 Å². The number of rotatable bonds is 21. The number of guanidine groups is 1. The lowest BCUT2D eigenvalue weighted by Crippen LogP contribution is -2.66. The molecule has 8 aromatic rings. The maximum absolute atomic E-state index is 16.2. The molecule has 15 rings (SSSR count). The van der Waals surface area contributed by atoms with E-state index in [1.807, 2.05) is 81.4 Å². The fraction of sp³-hybridized carbons (Fsp3) is 0.352. The van der Waals surface area contributed by atoms with Gasteiger partial charge in [-0.15, -0.1) is 0 Å². The smallest absolute Gasteiger partial charge is 0.330 e. The number of amides is 7. The van der Waals surface area contributed by atoms with Gasteiger partial charge in [0.05, 0.1) is 47.5 Å². The molecule has 0 spiro atoms. The third-order valence-electron chi connectivity index (χ3n) is 22.6. The van der Waals surface area contributed by atoms with Crippen LogP contribution in [-0.4, -0.2) is 197 Å². The summed E-state index contributed by atoms with van der Waals surface area (Å²) in [6, 6.07) is 23.8. The molecule has 0 radical (unpaired) electrons. The normalized spacial score (nSPS) is 26.0. The van der Waals surface area contributed by atoms with Crippen LogP contribution in [0.3, 0.4) is 0 Å². The molecule has 18 atom stereocenters. The number of likely N-dealkylation sites (N-methyl/N-ethyl adjacent to an activating group) is 1. The van der Waals surface area contributed by atoms with Crippen molar-refractivity contribution in [2.45, 2.75) is 176 Å². The van der Waals surface area contributed by atoms with Crippen molar-refractivity contribution in [3.8, 4) is 68.2 Å². The Morgan fingerprint density at radius 2 is 1.29 bits per heavy atom. The maximum atomic E-state index is 16.2. The van der Waals surface area contributed by atoms with Crippen LogP contribution in [0.2, 0.25) is 10.0 Å². The highest BCUT2D eigenvalue weighted by atomic mass is 35.5. The fourth-order valence-electron chi connectivity index (χ4n) is 15.8. The lowest BCUT2D eigenvalue weighted by molar-refractivity contribution is -0.335. The number of fused-ring (bicyclic) bond motifs is 15. The number of nitrogens with one attached hydrogen (secondary N) is 9. The van der Waals surface area contributed by atoms with Gasteiger partial charge in [-0.05, 0) is 156 Å². The van der Waals surface area contributed by atoms with Crippen molar-refractivity contribution in [3.63, 3.8) is 0 Å². The van der Waals surface area contributed by atoms with Crippen LogP contribution in [0, 0.1) is 5.92 Å². The first-order valence-electron chi connectivity index (χ1n) is 40.3. The van der Waals surface area contributed by atoms with E-state index in [4.69, 9.17) is 63.1 Å². The second-order valence-electron chi connectivity index (χ2n) is 31.7. The summed E-state index contributed by atoms with van der Waals surface area (Å²) in [4.78, 5) is 123.